The van der Waals surface area contributed by atoms with Crippen LogP contribution in [0, 0.1) is 5.92 Å². The first-order valence-corrected chi connectivity index (χ1v) is 8.19. The highest BCUT2D eigenvalue weighted by molar-refractivity contribution is 5.85. The van der Waals surface area contributed by atoms with Crippen molar-refractivity contribution in [3.63, 3.8) is 0 Å². The smallest absolute Gasteiger partial charge is 0.226 e. The maximum Gasteiger partial charge on any atom is 0.226 e. The van der Waals surface area contributed by atoms with Crippen molar-refractivity contribution in [2.45, 2.75) is 45.1 Å². The van der Waals surface area contributed by atoms with Gasteiger partial charge >= 0.3 is 0 Å². The minimum Gasteiger partial charge on any atom is -0.339 e. The maximum absolute atomic E-state index is 12.7. The van der Waals surface area contributed by atoms with Gasteiger partial charge in [0.05, 0.1) is 0 Å². The number of benzene rings is 1. The van der Waals surface area contributed by atoms with Gasteiger partial charge in [0.25, 0.3) is 0 Å². The highest BCUT2D eigenvalue weighted by Gasteiger charge is 2.35. The van der Waals surface area contributed by atoms with Crippen molar-refractivity contribution in [1.82, 2.24) is 10.2 Å². The van der Waals surface area contributed by atoms with Gasteiger partial charge in [-0.3, -0.25) is 4.79 Å². The summed E-state index contributed by atoms with van der Waals surface area (Å²) in [5.74, 6) is 0.824. The van der Waals surface area contributed by atoms with Crippen molar-refractivity contribution in [1.29, 1.82) is 0 Å². The number of carbonyl (C=O) groups excluding carboxylic acids is 1. The predicted molar refractivity (Wildman–Crippen MR) is 94.5 cm³/mol. The lowest BCUT2D eigenvalue weighted by molar-refractivity contribution is -0.136. The zero-order chi connectivity index (χ0) is 15.2. The molecule has 0 aromatic heterocycles. The summed E-state index contributed by atoms with van der Waals surface area (Å²) in [6, 6.07) is 11.0. The standard InChI is InChI=1S/C18H28N2O.ClH/c1-4-16(15-9-6-5-7-10-15)17-11-8-12-20(17)18(21)14(2)13-19-3;/h5-7,9-10,14,16-17,19H,4,8,11-13H2,1-3H3;1H. The summed E-state index contributed by atoms with van der Waals surface area (Å²) >= 11 is 0. The Morgan fingerprint density at radius 1 is 1.36 bits per heavy atom. The predicted octanol–water partition coefficient (Wildman–Crippen LogP) is 3.45. The second kappa shape index (κ2) is 9.16. The van der Waals surface area contributed by atoms with Crippen molar-refractivity contribution in [2.24, 2.45) is 5.92 Å². The summed E-state index contributed by atoms with van der Waals surface area (Å²) in [7, 11) is 1.91. The molecule has 3 unspecified atom stereocenters. The number of rotatable bonds is 6. The Balaban J connectivity index is 0.00000242. The van der Waals surface area contributed by atoms with Gasteiger partial charge in [0, 0.05) is 31.0 Å². The van der Waals surface area contributed by atoms with E-state index in [9.17, 15) is 4.79 Å². The van der Waals surface area contributed by atoms with Gasteiger partial charge in [-0.05, 0) is 31.9 Å². The number of likely N-dealkylation sites (tertiary alicyclic amines) is 1. The first kappa shape index (κ1) is 19.0. The molecule has 0 spiro atoms. The van der Waals surface area contributed by atoms with Crippen LogP contribution in [0.25, 0.3) is 0 Å². The number of nitrogens with zero attached hydrogens (tertiary/aromatic N) is 1. The van der Waals surface area contributed by atoms with Crippen molar-refractivity contribution in [2.75, 3.05) is 20.1 Å². The van der Waals surface area contributed by atoms with Crippen LogP contribution in [0.5, 0.6) is 0 Å². The minimum absolute atomic E-state index is 0. The van der Waals surface area contributed by atoms with Gasteiger partial charge in [0.15, 0.2) is 0 Å². The number of carbonyl (C=O) groups is 1. The summed E-state index contributed by atoms with van der Waals surface area (Å²) in [6.45, 7) is 5.93. The van der Waals surface area contributed by atoms with E-state index in [2.05, 4.69) is 47.5 Å². The first-order chi connectivity index (χ1) is 10.2. The van der Waals surface area contributed by atoms with Gasteiger partial charge < -0.3 is 10.2 Å². The summed E-state index contributed by atoms with van der Waals surface area (Å²) in [5.41, 5.74) is 1.37. The average Bonchev–Trinajstić information content (AvgIpc) is 2.98. The van der Waals surface area contributed by atoms with E-state index in [4.69, 9.17) is 0 Å². The van der Waals surface area contributed by atoms with Crippen molar-refractivity contribution < 1.29 is 4.79 Å². The Bertz CT molecular complexity index is 452. The van der Waals surface area contributed by atoms with Crippen LogP contribution >= 0.6 is 12.4 Å². The van der Waals surface area contributed by atoms with Crippen molar-refractivity contribution >= 4 is 18.3 Å². The molecule has 3 nitrogen and oxygen atoms in total. The third kappa shape index (κ3) is 4.23. The number of hydrogen-bond acceptors (Lipinski definition) is 2. The van der Waals surface area contributed by atoms with E-state index in [1.165, 1.54) is 5.56 Å². The molecule has 1 aliphatic rings. The lowest BCUT2D eigenvalue weighted by atomic mass is 9.87. The number of hydrogen-bond donors (Lipinski definition) is 1. The van der Waals surface area contributed by atoms with E-state index in [1.807, 2.05) is 14.0 Å². The molecule has 22 heavy (non-hydrogen) atoms. The van der Waals surface area contributed by atoms with E-state index < -0.39 is 0 Å². The molecule has 3 atom stereocenters. The first-order valence-electron chi connectivity index (χ1n) is 8.19. The fourth-order valence-electron chi connectivity index (χ4n) is 3.59. The Kier molecular flexibility index (Phi) is 7.91. The minimum atomic E-state index is 0. The molecule has 1 aromatic rings. The summed E-state index contributed by atoms with van der Waals surface area (Å²) < 4.78 is 0. The van der Waals surface area contributed by atoms with Gasteiger partial charge in [-0.25, -0.2) is 0 Å². The second-order valence-corrected chi connectivity index (χ2v) is 6.13. The van der Waals surface area contributed by atoms with E-state index in [-0.39, 0.29) is 18.3 Å². The molecular weight excluding hydrogens is 296 g/mol. The molecule has 1 saturated heterocycles. The third-order valence-corrected chi connectivity index (χ3v) is 4.65. The van der Waals surface area contributed by atoms with Gasteiger partial charge in [-0.15, -0.1) is 12.4 Å². The highest BCUT2D eigenvalue weighted by atomic mass is 35.5. The SMILES string of the molecule is CCC(c1ccccc1)C1CCCN1C(=O)C(C)CNC.Cl. The molecule has 1 amide bonds. The van der Waals surface area contributed by atoms with Crippen LogP contribution in [0.3, 0.4) is 0 Å². The van der Waals surface area contributed by atoms with Crippen LogP contribution in [-0.4, -0.2) is 37.0 Å². The van der Waals surface area contributed by atoms with Crippen LogP contribution in [0.2, 0.25) is 0 Å². The van der Waals surface area contributed by atoms with Crippen LogP contribution < -0.4 is 5.32 Å². The fraction of sp³-hybridized carbons (Fsp3) is 0.611. The summed E-state index contributed by atoms with van der Waals surface area (Å²) in [5, 5.41) is 3.11. The largest absolute Gasteiger partial charge is 0.339 e. The van der Waals surface area contributed by atoms with Crippen molar-refractivity contribution in [3.05, 3.63) is 35.9 Å². The monoisotopic (exact) mass is 324 g/mol. The van der Waals surface area contributed by atoms with Gasteiger partial charge in [-0.1, -0.05) is 44.2 Å². The molecule has 1 heterocycles. The van der Waals surface area contributed by atoms with Gasteiger partial charge in [0.2, 0.25) is 5.91 Å². The van der Waals surface area contributed by atoms with E-state index >= 15 is 0 Å². The molecule has 2 rings (SSSR count). The number of nitrogens with one attached hydrogen (secondary N) is 1. The van der Waals surface area contributed by atoms with Gasteiger partial charge in [-0.2, -0.15) is 0 Å². The molecule has 0 radical (unpaired) electrons. The fourth-order valence-corrected chi connectivity index (χ4v) is 3.59. The second-order valence-electron chi connectivity index (χ2n) is 6.13. The van der Waals surface area contributed by atoms with Crippen LogP contribution in [0.15, 0.2) is 30.3 Å². The molecule has 124 valence electrons. The van der Waals surface area contributed by atoms with Crippen LogP contribution in [-0.2, 0) is 4.79 Å². The zero-order valence-electron chi connectivity index (χ0n) is 13.9. The Morgan fingerprint density at radius 3 is 2.64 bits per heavy atom. The number of amides is 1. The van der Waals surface area contributed by atoms with Crippen molar-refractivity contribution in [3.8, 4) is 0 Å². The van der Waals surface area contributed by atoms with Crippen LogP contribution in [0.4, 0.5) is 0 Å². The molecule has 4 heteroatoms. The molecule has 0 saturated carbocycles. The molecule has 0 bridgehead atoms. The summed E-state index contributed by atoms with van der Waals surface area (Å²) in [4.78, 5) is 14.8. The molecular formula is C18H29ClN2O. The quantitative estimate of drug-likeness (QED) is 0.869. The molecule has 1 aliphatic heterocycles. The van der Waals surface area contributed by atoms with E-state index in [0.29, 0.717) is 17.9 Å². The lowest BCUT2D eigenvalue weighted by Crippen LogP contribution is -2.43. The maximum atomic E-state index is 12.7. The molecule has 1 N–H and O–H groups in total. The van der Waals surface area contributed by atoms with Crippen LogP contribution in [0.1, 0.15) is 44.6 Å². The van der Waals surface area contributed by atoms with Gasteiger partial charge in [0.1, 0.15) is 0 Å². The zero-order valence-corrected chi connectivity index (χ0v) is 14.7. The Labute approximate surface area is 140 Å². The normalized spacial score (nSPS) is 20.3. The van der Waals surface area contributed by atoms with E-state index in [0.717, 1.165) is 32.4 Å². The summed E-state index contributed by atoms with van der Waals surface area (Å²) in [6.07, 6.45) is 3.34. The molecule has 0 aliphatic carbocycles. The average molecular weight is 325 g/mol. The highest BCUT2D eigenvalue weighted by Crippen LogP contribution is 2.34. The third-order valence-electron chi connectivity index (χ3n) is 4.65. The topological polar surface area (TPSA) is 32.3 Å². The molecule has 1 fully saturated rings. The number of halogens is 1. The Morgan fingerprint density at radius 2 is 2.05 bits per heavy atom. The van der Waals surface area contributed by atoms with E-state index in [1.54, 1.807) is 0 Å². The Hall–Kier alpha value is -1.06. The molecule has 1 aromatic carbocycles. The lowest BCUT2D eigenvalue weighted by Gasteiger charge is -2.33.